The van der Waals surface area contributed by atoms with E-state index in [4.69, 9.17) is 9.47 Å². The molecular formula is C15H14N2O2. The predicted octanol–water partition coefficient (Wildman–Crippen LogP) is 3.19. The van der Waals surface area contributed by atoms with Gasteiger partial charge in [0.25, 0.3) is 0 Å². The van der Waals surface area contributed by atoms with Gasteiger partial charge in [0.05, 0.1) is 24.8 Å². The van der Waals surface area contributed by atoms with Crippen molar-refractivity contribution in [2.75, 3.05) is 13.7 Å². The smallest absolute Gasteiger partial charge is 0.147 e. The third-order valence-electron chi connectivity index (χ3n) is 2.94. The first kappa shape index (κ1) is 11.7. The zero-order chi connectivity index (χ0) is 13.2. The average molecular weight is 254 g/mol. The highest BCUT2D eigenvalue weighted by Gasteiger charge is 2.09. The van der Waals surface area contributed by atoms with Crippen molar-refractivity contribution >= 4 is 22.1 Å². The molecule has 19 heavy (non-hydrogen) atoms. The fraction of sp³-hybridized carbons (Fsp3) is 0.200. The lowest BCUT2D eigenvalue weighted by molar-refractivity contribution is 0.343. The first-order valence-electron chi connectivity index (χ1n) is 6.19. The third-order valence-corrected chi connectivity index (χ3v) is 2.94. The normalized spacial score (nSPS) is 10.8. The average Bonchev–Trinajstić information content (AvgIpc) is 2.45. The van der Waals surface area contributed by atoms with E-state index in [-0.39, 0.29) is 0 Å². The van der Waals surface area contributed by atoms with Crippen LogP contribution in [0.5, 0.6) is 11.5 Å². The third kappa shape index (κ3) is 1.95. The number of rotatable bonds is 3. The molecule has 3 aromatic rings. The molecule has 4 nitrogen and oxygen atoms in total. The van der Waals surface area contributed by atoms with Crippen molar-refractivity contribution in [2.45, 2.75) is 6.92 Å². The van der Waals surface area contributed by atoms with Gasteiger partial charge in [0, 0.05) is 0 Å². The van der Waals surface area contributed by atoms with Crippen molar-refractivity contribution in [3.63, 3.8) is 0 Å². The van der Waals surface area contributed by atoms with Crippen LogP contribution in [0.15, 0.2) is 36.4 Å². The molecule has 3 rings (SSSR count). The number of methoxy groups -OCH3 is 1. The van der Waals surface area contributed by atoms with Crippen molar-refractivity contribution in [1.82, 2.24) is 9.97 Å². The molecule has 1 aromatic heterocycles. The number of benzene rings is 2. The molecule has 0 amide bonds. The standard InChI is InChI=1S/C15H14N2O2/c1-3-19-13-9-5-7-11-15(13)17-10-6-4-8-12(18-2)14(10)16-11/h4-9H,3H2,1-2H3. The van der Waals surface area contributed by atoms with E-state index >= 15 is 0 Å². The number of nitrogens with zero attached hydrogens (tertiary/aromatic N) is 2. The molecule has 0 aliphatic carbocycles. The van der Waals surface area contributed by atoms with Crippen LogP contribution in [0.1, 0.15) is 6.92 Å². The SMILES string of the molecule is CCOc1cccc2nc3c(OC)cccc3nc12. The Labute approximate surface area is 111 Å². The Morgan fingerprint density at radius 3 is 2.05 bits per heavy atom. The van der Waals surface area contributed by atoms with Crippen molar-refractivity contribution in [3.8, 4) is 11.5 Å². The Morgan fingerprint density at radius 2 is 1.47 bits per heavy atom. The summed E-state index contributed by atoms with van der Waals surface area (Å²) in [6.45, 7) is 2.56. The van der Waals surface area contributed by atoms with Crippen molar-refractivity contribution < 1.29 is 9.47 Å². The number of hydrogen-bond donors (Lipinski definition) is 0. The minimum absolute atomic E-state index is 0.608. The molecule has 0 unspecified atom stereocenters. The molecule has 0 fully saturated rings. The molecule has 2 aromatic carbocycles. The van der Waals surface area contributed by atoms with E-state index in [0.717, 1.165) is 33.6 Å². The molecule has 0 bridgehead atoms. The molecule has 0 saturated heterocycles. The van der Waals surface area contributed by atoms with Gasteiger partial charge < -0.3 is 9.47 Å². The first-order valence-corrected chi connectivity index (χ1v) is 6.19. The van der Waals surface area contributed by atoms with Gasteiger partial charge in [0.1, 0.15) is 22.5 Å². The molecule has 4 heteroatoms. The summed E-state index contributed by atoms with van der Waals surface area (Å²) in [7, 11) is 1.64. The van der Waals surface area contributed by atoms with Gasteiger partial charge in [-0.1, -0.05) is 12.1 Å². The van der Waals surface area contributed by atoms with Gasteiger partial charge in [-0.3, -0.25) is 0 Å². The van der Waals surface area contributed by atoms with Gasteiger partial charge in [-0.25, -0.2) is 9.97 Å². The second kappa shape index (κ2) is 4.72. The highest BCUT2D eigenvalue weighted by Crippen LogP contribution is 2.28. The van der Waals surface area contributed by atoms with Crippen LogP contribution < -0.4 is 9.47 Å². The summed E-state index contributed by atoms with van der Waals surface area (Å²) in [6, 6.07) is 11.5. The monoisotopic (exact) mass is 254 g/mol. The van der Waals surface area contributed by atoms with Crippen LogP contribution >= 0.6 is 0 Å². The zero-order valence-electron chi connectivity index (χ0n) is 10.9. The number of hydrogen-bond acceptors (Lipinski definition) is 4. The van der Waals surface area contributed by atoms with Crippen molar-refractivity contribution in [3.05, 3.63) is 36.4 Å². The second-order valence-electron chi connectivity index (χ2n) is 4.11. The van der Waals surface area contributed by atoms with Gasteiger partial charge in [0.2, 0.25) is 0 Å². The molecule has 96 valence electrons. The molecule has 0 aliphatic heterocycles. The van der Waals surface area contributed by atoms with Gasteiger partial charge >= 0.3 is 0 Å². The van der Waals surface area contributed by atoms with Crippen molar-refractivity contribution in [1.29, 1.82) is 0 Å². The summed E-state index contributed by atoms with van der Waals surface area (Å²) in [5.74, 6) is 1.49. The maximum absolute atomic E-state index is 5.59. The topological polar surface area (TPSA) is 44.2 Å². The van der Waals surface area contributed by atoms with Crippen molar-refractivity contribution in [2.24, 2.45) is 0 Å². The maximum Gasteiger partial charge on any atom is 0.147 e. The predicted molar refractivity (Wildman–Crippen MR) is 74.8 cm³/mol. The van der Waals surface area contributed by atoms with E-state index in [9.17, 15) is 0 Å². The molecule has 0 spiro atoms. The summed E-state index contributed by atoms with van der Waals surface area (Å²) in [5, 5.41) is 0. The van der Waals surface area contributed by atoms with Crippen LogP contribution in [0, 0.1) is 0 Å². The lowest BCUT2D eigenvalue weighted by atomic mass is 10.2. The molecule has 0 aliphatic rings. The molecule has 0 saturated carbocycles. The Hall–Kier alpha value is -2.36. The Kier molecular flexibility index (Phi) is 2.91. The fourth-order valence-corrected chi connectivity index (χ4v) is 2.10. The van der Waals surface area contributed by atoms with E-state index in [1.165, 1.54) is 0 Å². The quantitative estimate of drug-likeness (QED) is 0.673. The maximum atomic E-state index is 5.59. The van der Waals surface area contributed by atoms with Crippen LogP contribution in [0.3, 0.4) is 0 Å². The van der Waals surface area contributed by atoms with Crippen LogP contribution in [0.25, 0.3) is 22.1 Å². The van der Waals surface area contributed by atoms with Crippen LogP contribution in [0.2, 0.25) is 0 Å². The highest BCUT2D eigenvalue weighted by atomic mass is 16.5. The van der Waals surface area contributed by atoms with E-state index < -0.39 is 0 Å². The zero-order valence-corrected chi connectivity index (χ0v) is 10.9. The molecule has 0 N–H and O–H groups in total. The second-order valence-corrected chi connectivity index (χ2v) is 4.11. The number of fused-ring (bicyclic) bond motifs is 2. The van der Waals surface area contributed by atoms with Crippen LogP contribution in [0.4, 0.5) is 0 Å². The summed E-state index contributed by atoms with van der Waals surface area (Å²) in [5.41, 5.74) is 3.17. The Bertz CT molecular complexity index is 741. The van der Waals surface area contributed by atoms with E-state index in [1.54, 1.807) is 7.11 Å². The fourth-order valence-electron chi connectivity index (χ4n) is 2.10. The largest absolute Gasteiger partial charge is 0.494 e. The van der Waals surface area contributed by atoms with E-state index in [2.05, 4.69) is 9.97 Å². The number of ether oxygens (including phenoxy) is 2. The highest BCUT2D eigenvalue weighted by molar-refractivity contribution is 5.92. The lowest BCUT2D eigenvalue weighted by Gasteiger charge is -2.08. The van der Waals surface area contributed by atoms with E-state index in [0.29, 0.717) is 6.61 Å². The Balaban J connectivity index is 2.34. The number of para-hydroxylation sites is 2. The first-order chi connectivity index (χ1) is 9.33. The minimum atomic E-state index is 0.608. The van der Waals surface area contributed by atoms with Gasteiger partial charge in [-0.05, 0) is 31.2 Å². The number of aromatic nitrogens is 2. The summed E-state index contributed by atoms with van der Waals surface area (Å²) in [4.78, 5) is 9.26. The molecule has 1 heterocycles. The minimum Gasteiger partial charge on any atom is -0.494 e. The van der Waals surface area contributed by atoms with Crippen LogP contribution in [-0.2, 0) is 0 Å². The van der Waals surface area contributed by atoms with Gasteiger partial charge in [0.15, 0.2) is 0 Å². The molecule has 0 radical (unpaired) electrons. The van der Waals surface area contributed by atoms with Gasteiger partial charge in [-0.2, -0.15) is 0 Å². The summed E-state index contributed by atoms with van der Waals surface area (Å²) < 4.78 is 10.9. The van der Waals surface area contributed by atoms with E-state index in [1.807, 2.05) is 43.3 Å². The van der Waals surface area contributed by atoms with Gasteiger partial charge in [-0.15, -0.1) is 0 Å². The summed E-state index contributed by atoms with van der Waals surface area (Å²) >= 11 is 0. The molecular weight excluding hydrogens is 240 g/mol. The lowest BCUT2D eigenvalue weighted by Crippen LogP contribution is -1.96. The molecule has 0 atom stereocenters. The summed E-state index contributed by atoms with van der Waals surface area (Å²) in [6.07, 6.45) is 0. The Morgan fingerprint density at radius 1 is 0.895 bits per heavy atom. The van der Waals surface area contributed by atoms with Crippen LogP contribution in [-0.4, -0.2) is 23.7 Å².